The summed E-state index contributed by atoms with van der Waals surface area (Å²) in [4.78, 5) is 0. The standard InChI is InChI=1S/C13H12Cl2NO/c1-7(2)13-8(3)12(16-17-13)11-9(14)5-4-6-10(11)15/h4-7H,3H2,1-2H3. The maximum atomic E-state index is 6.13. The van der Waals surface area contributed by atoms with E-state index in [9.17, 15) is 0 Å². The number of nitrogens with zero attached hydrogens (tertiary/aromatic N) is 1. The summed E-state index contributed by atoms with van der Waals surface area (Å²) >= 11 is 12.3. The van der Waals surface area contributed by atoms with Crippen molar-refractivity contribution >= 4 is 23.2 Å². The van der Waals surface area contributed by atoms with Gasteiger partial charge in [0.1, 0.15) is 11.5 Å². The third kappa shape index (κ3) is 2.20. The molecule has 1 aromatic heterocycles. The number of aromatic nitrogens is 1. The third-order valence-corrected chi connectivity index (χ3v) is 3.17. The average molecular weight is 269 g/mol. The van der Waals surface area contributed by atoms with E-state index in [1.54, 1.807) is 18.2 Å². The number of rotatable bonds is 2. The van der Waals surface area contributed by atoms with Crippen LogP contribution in [0.25, 0.3) is 11.3 Å². The molecule has 1 aromatic carbocycles. The molecule has 4 heteroatoms. The highest BCUT2D eigenvalue weighted by atomic mass is 35.5. The smallest absolute Gasteiger partial charge is 0.143 e. The van der Waals surface area contributed by atoms with Crippen LogP contribution in [0.3, 0.4) is 0 Å². The molecule has 0 aliphatic rings. The zero-order valence-corrected chi connectivity index (χ0v) is 11.1. The highest BCUT2D eigenvalue weighted by molar-refractivity contribution is 6.39. The molecule has 0 saturated heterocycles. The van der Waals surface area contributed by atoms with Crippen LogP contribution in [0.5, 0.6) is 0 Å². The fourth-order valence-electron chi connectivity index (χ4n) is 1.70. The summed E-state index contributed by atoms with van der Waals surface area (Å²) in [5.41, 5.74) is 2.04. The van der Waals surface area contributed by atoms with Crippen LogP contribution in [0.1, 0.15) is 31.1 Å². The first-order valence-electron chi connectivity index (χ1n) is 5.28. The molecule has 17 heavy (non-hydrogen) atoms. The summed E-state index contributed by atoms with van der Waals surface area (Å²) in [5, 5.41) is 5.12. The zero-order chi connectivity index (χ0) is 12.6. The molecule has 2 rings (SSSR count). The van der Waals surface area contributed by atoms with Gasteiger partial charge in [-0.05, 0) is 19.1 Å². The van der Waals surface area contributed by atoms with E-state index >= 15 is 0 Å². The molecule has 89 valence electrons. The van der Waals surface area contributed by atoms with Gasteiger partial charge >= 0.3 is 0 Å². The first-order valence-corrected chi connectivity index (χ1v) is 6.04. The lowest BCUT2D eigenvalue weighted by Gasteiger charge is -2.04. The monoisotopic (exact) mass is 268 g/mol. The Kier molecular flexibility index (Phi) is 3.45. The van der Waals surface area contributed by atoms with E-state index in [1.165, 1.54) is 0 Å². The van der Waals surface area contributed by atoms with Crippen LogP contribution in [0, 0.1) is 6.92 Å². The van der Waals surface area contributed by atoms with Crippen molar-refractivity contribution < 1.29 is 4.52 Å². The van der Waals surface area contributed by atoms with Crippen LogP contribution in [0.2, 0.25) is 10.0 Å². The van der Waals surface area contributed by atoms with E-state index in [-0.39, 0.29) is 5.92 Å². The summed E-state index contributed by atoms with van der Waals surface area (Å²) in [6.07, 6.45) is 0. The van der Waals surface area contributed by atoms with Crippen LogP contribution in [0.15, 0.2) is 22.7 Å². The molecule has 0 N–H and O–H groups in total. The topological polar surface area (TPSA) is 26.0 Å². The van der Waals surface area contributed by atoms with Crippen molar-refractivity contribution in [3.05, 3.63) is 46.5 Å². The van der Waals surface area contributed by atoms with Crippen molar-refractivity contribution in [3.8, 4) is 11.3 Å². The van der Waals surface area contributed by atoms with Crippen LogP contribution >= 0.6 is 23.2 Å². The Morgan fingerprint density at radius 3 is 2.29 bits per heavy atom. The second-order valence-corrected chi connectivity index (χ2v) is 4.94. The van der Waals surface area contributed by atoms with Gasteiger partial charge in [0.25, 0.3) is 0 Å². The lowest BCUT2D eigenvalue weighted by atomic mass is 10.0. The lowest BCUT2D eigenvalue weighted by molar-refractivity contribution is 0.372. The summed E-state index contributed by atoms with van der Waals surface area (Å²) in [7, 11) is 0. The molecule has 0 fully saturated rings. The highest BCUT2D eigenvalue weighted by Gasteiger charge is 2.19. The average Bonchev–Trinajstić information content (AvgIpc) is 2.61. The first kappa shape index (κ1) is 12.5. The molecule has 0 amide bonds. The van der Waals surface area contributed by atoms with Gasteiger partial charge in [-0.1, -0.05) is 48.3 Å². The Labute approximate surface area is 111 Å². The van der Waals surface area contributed by atoms with Crippen molar-refractivity contribution in [3.63, 3.8) is 0 Å². The van der Waals surface area contributed by atoms with Crippen molar-refractivity contribution in [2.75, 3.05) is 0 Å². The van der Waals surface area contributed by atoms with Crippen molar-refractivity contribution in [1.29, 1.82) is 0 Å². The van der Waals surface area contributed by atoms with E-state index in [0.717, 1.165) is 11.3 Å². The summed E-state index contributed by atoms with van der Waals surface area (Å²) in [6.45, 7) is 8.03. The minimum Gasteiger partial charge on any atom is -0.360 e. The number of benzene rings is 1. The summed E-state index contributed by atoms with van der Waals surface area (Å²) in [6, 6.07) is 5.33. The van der Waals surface area contributed by atoms with Gasteiger partial charge in [-0.15, -0.1) is 0 Å². The minimum absolute atomic E-state index is 0.227. The molecule has 0 spiro atoms. The van der Waals surface area contributed by atoms with E-state index in [2.05, 4.69) is 12.1 Å². The van der Waals surface area contributed by atoms with Crippen molar-refractivity contribution in [2.45, 2.75) is 19.8 Å². The number of hydrogen-bond acceptors (Lipinski definition) is 2. The maximum absolute atomic E-state index is 6.13. The maximum Gasteiger partial charge on any atom is 0.143 e. The second-order valence-electron chi connectivity index (χ2n) is 4.13. The van der Waals surface area contributed by atoms with E-state index in [4.69, 9.17) is 27.7 Å². The van der Waals surface area contributed by atoms with E-state index < -0.39 is 0 Å². The Morgan fingerprint density at radius 2 is 1.82 bits per heavy atom. The molecule has 2 nitrogen and oxygen atoms in total. The molecule has 0 atom stereocenters. The molecule has 0 aliphatic carbocycles. The molecule has 1 radical (unpaired) electrons. The molecule has 0 unspecified atom stereocenters. The molecular weight excluding hydrogens is 257 g/mol. The number of hydrogen-bond donors (Lipinski definition) is 0. The molecule has 0 saturated carbocycles. The SMILES string of the molecule is [CH2]c1c(-c2c(Cl)cccc2Cl)noc1C(C)C. The van der Waals surface area contributed by atoms with Gasteiger partial charge in [-0.2, -0.15) is 0 Å². The van der Waals surface area contributed by atoms with Gasteiger partial charge < -0.3 is 4.52 Å². The third-order valence-electron chi connectivity index (χ3n) is 2.54. The first-order chi connectivity index (χ1) is 8.02. The Morgan fingerprint density at radius 1 is 1.24 bits per heavy atom. The fraction of sp³-hybridized carbons (Fsp3) is 0.231. The van der Waals surface area contributed by atoms with Gasteiger partial charge in [-0.25, -0.2) is 0 Å². The summed E-state index contributed by atoms with van der Waals surface area (Å²) < 4.78 is 5.29. The highest BCUT2D eigenvalue weighted by Crippen LogP contribution is 2.37. The van der Waals surface area contributed by atoms with Gasteiger partial charge in [0, 0.05) is 17.0 Å². The van der Waals surface area contributed by atoms with Gasteiger partial charge in [0.05, 0.1) is 10.0 Å². The van der Waals surface area contributed by atoms with Gasteiger partial charge in [0.2, 0.25) is 0 Å². The second kappa shape index (κ2) is 4.71. The predicted molar refractivity (Wildman–Crippen MR) is 70.5 cm³/mol. The van der Waals surface area contributed by atoms with Crippen LogP contribution in [-0.4, -0.2) is 5.16 Å². The fourth-order valence-corrected chi connectivity index (χ4v) is 2.27. The van der Waals surface area contributed by atoms with Gasteiger partial charge in [0.15, 0.2) is 0 Å². The van der Waals surface area contributed by atoms with Crippen LogP contribution in [0.4, 0.5) is 0 Å². The lowest BCUT2D eigenvalue weighted by Crippen LogP contribution is -1.88. The molecule has 1 heterocycles. The normalized spacial score (nSPS) is 11.2. The molecular formula is C13H12Cl2NO. The van der Waals surface area contributed by atoms with E-state index in [0.29, 0.717) is 21.3 Å². The molecule has 0 bridgehead atoms. The number of halogens is 2. The van der Waals surface area contributed by atoms with Gasteiger partial charge in [-0.3, -0.25) is 0 Å². The zero-order valence-electron chi connectivity index (χ0n) is 9.63. The van der Waals surface area contributed by atoms with Crippen LogP contribution in [-0.2, 0) is 0 Å². The van der Waals surface area contributed by atoms with Crippen LogP contribution < -0.4 is 0 Å². The molecule has 0 aliphatic heterocycles. The minimum atomic E-state index is 0.227. The summed E-state index contributed by atoms with van der Waals surface area (Å²) in [5.74, 6) is 0.987. The molecule has 2 aromatic rings. The van der Waals surface area contributed by atoms with Crippen molar-refractivity contribution in [1.82, 2.24) is 5.16 Å². The van der Waals surface area contributed by atoms with Crippen molar-refractivity contribution in [2.24, 2.45) is 0 Å². The Hall–Kier alpha value is -0.990. The Bertz CT molecular complexity index is 526. The van der Waals surface area contributed by atoms with E-state index in [1.807, 2.05) is 13.8 Å². The predicted octanol–water partition coefficient (Wildman–Crippen LogP) is 4.95. The largest absolute Gasteiger partial charge is 0.360 e. The Balaban J connectivity index is 2.62. The quantitative estimate of drug-likeness (QED) is 0.770.